The Kier molecular flexibility index (Phi) is 5.70. The maximum absolute atomic E-state index is 14.4. The molecule has 2 aromatic rings. The number of rotatable bonds is 3. The van der Waals surface area contributed by atoms with Gasteiger partial charge in [-0.3, -0.25) is 14.9 Å². The third-order valence-corrected chi connectivity index (χ3v) is 6.46. The highest BCUT2D eigenvalue weighted by atomic mass is 32.1. The van der Waals surface area contributed by atoms with Gasteiger partial charge in [-0.1, -0.05) is 18.2 Å². The second-order valence-electron chi connectivity index (χ2n) is 8.86. The average molecular weight is 464 g/mol. The number of fused-ring (bicyclic) bond motifs is 1. The molecule has 0 spiro atoms. The van der Waals surface area contributed by atoms with E-state index < -0.39 is 17.6 Å². The maximum atomic E-state index is 14.4. The van der Waals surface area contributed by atoms with Crippen LogP contribution in [0.3, 0.4) is 0 Å². The van der Waals surface area contributed by atoms with Crippen LogP contribution in [0.25, 0.3) is 11.6 Å². The van der Waals surface area contributed by atoms with Crippen molar-refractivity contribution in [1.82, 2.24) is 5.32 Å². The first kappa shape index (κ1) is 22.9. The Hall–Kier alpha value is -3.32. The summed E-state index contributed by atoms with van der Waals surface area (Å²) in [5, 5.41) is 2.37. The summed E-state index contributed by atoms with van der Waals surface area (Å²) in [6.45, 7) is 11.3. The van der Waals surface area contributed by atoms with Crippen molar-refractivity contribution in [3.63, 3.8) is 0 Å². The number of amides is 2. The molecule has 2 heterocycles. The molecule has 2 aliphatic rings. The maximum Gasteiger partial charge on any atom is 0.270 e. The predicted molar refractivity (Wildman–Crippen MR) is 135 cm³/mol. The number of allylic oxidation sites excluding steroid dienone is 1. The van der Waals surface area contributed by atoms with Gasteiger partial charge in [0.2, 0.25) is 0 Å². The fourth-order valence-corrected chi connectivity index (χ4v) is 4.92. The lowest BCUT2D eigenvalue weighted by Crippen LogP contribution is -2.54. The van der Waals surface area contributed by atoms with E-state index in [1.54, 1.807) is 12.1 Å². The molecule has 1 fully saturated rings. The van der Waals surface area contributed by atoms with Crippen molar-refractivity contribution in [1.29, 1.82) is 0 Å². The van der Waals surface area contributed by atoms with Gasteiger partial charge < -0.3 is 4.90 Å². The molecule has 170 valence electrons. The van der Waals surface area contributed by atoms with Gasteiger partial charge in [0.05, 0.1) is 11.2 Å². The molecule has 0 atom stereocenters. The van der Waals surface area contributed by atoms with E-state index in [9.17, 15) is 14.0 Å². The van der Waals surface area contributed by atoms with Crippen LogP contribution in [0.15, 0.2) is 48.0 Å². The van der Waals surface area contributed by atoms with Crippen molar-refractivity contribution in [3.8, 4) is 0 Å². The van der Waals surface area contributed by atoms with Crippen LogP contribution in [0.4, 0.5) is 15.8 Å². The van der Waals surface area contributed by atoms with Crippen molar-refractivity contribution in [2.24, 2.45) is 0 Å². The largest absolute Gasteiger partial charge is 0.363 e. The van der Waals surface area contributed by atoms with Gasteiger partial charge in [0.25, 0.3) is 11.8 Å². The zero-order valence-corrected chi connectivity index (χ0v) is 20.1. The molecule has 7 heteroatoms. The van der Waals surface area contributed by atoms with Crippen molar-refractivity contribution in [2.45, 2.75) is 40.2 Å². The van der Waals surface area contributed by atoms with Crippen LogP contribution in [0.1, 0.15) is 44.4 Å². The van der Waals surface area contributed by atoms with Crippen molar-refractivity contribution in [3.05, 3.63) is 70.6 Å². The van der Waals surface area contributed by atoms with E-state index in [1.807, 2.05) is 13.0 Å². The zero-order chi connectivity index (χ0) is 24.1. The minimum absolute atomic E-state index is 0.000148. The Morgan fingerprint density at radius 2 is 1.82 bits per heavy atom. The Bertz CT molecular complexity index is 1260. The monoisotopic (exact) mass is 463 g/mol. The molecule has 1 saturated heterocycles. The third kappa shape index (κ3) is 3.86. The summed E-state index contributed by atoms with van der Waals surface area (Å²) in [6.07, 6.45) is 3.79. The predicted octanol–water partition coefficient (Wildman–Crippen LogP) is 4.99. The molecule has 0 aliphatic carbocycles. The van der Waals surface area contributed by atoms with Crippen molar-refractivity contribution >= 4 is 52.2 Å². The second kappa shape index (κ2) is 8.23. The smallest absolute Gasteiger partial charge is 0.270 e. The van der Waals surface area contributed by atoms with Crippen LogP contribution in [0, 0.1) is 12.7 Å². The molecule has 0 bridgehead atoms. The molecule has 0 unspecified atom stereocenters. The summed E-state index contributed by atoms with van der Waals surface area (Å²) >= 11 is 5.18. The molecule has 2 aliphatic heterocycles. The Balaban J connectivity index is 1.81. The highest BCUT2D eigenvalue weighted by Gasteiger charge is 2.36. The van der Waals surface area contributed by atoms with Crippen LogP contribution >= 0.6 is 12.2 Å². The summed E-state index contributed by atoms with van der Waals surface area (Å²) in [6, 6.07) is 9.93. The summed E-state index contributed by atoms with van der Waals surface area (Å²) < 4.78 is 14.4. The van der Waals surface area contributed by atoms with Gasteiger partial charge in [0.1, 0.15) is 11.4 Å². The van der Waals surface area contributed by atoms with Gasteiger partial charge in [0.15, 0.2) is 5.11 Å². The van der Waals surface area contributed by atoms with Crippen molar-refractivity contribution < 1.29 is 14.0 Å². The normalized spacial score (nSPS) is 18.9. The Morgan fingerprint density at radius 3 is 2.48 bits per heavy atom. The van der Waals surface area contributed by atoms with Crippen molar-refractivity contribution in [2.75, 3.05) is 16.3 Å². The van der Waals surface area contributed by atoms with Crippen LogP contribution in [-0.4, -0.2) is 29.0 Å². The quantitative estimate of drug-likeness (QED) is 0.396. The topological polar surface area (TPSA) is 52.7 Å². The standard InChI is InChI=1S/C26H26FN3O2S/c1-6-29-22-11-15(2)17(12-18(22)16(3)14-26(29,4)5)13-19-23(31)28-25(33)30(24(19)32)21-10-8-7-9-20(21)27/h7-14H,6H2,1-5H3,(H,28,31,33)/b19-13-. The van der Waals surface area contributed by atoms with Gasteiger partial charge in [-0.25, -0.2) is 9.29 Å². The number of likely N-dealkylation sites (N-methyl/N-ethyl adjacent to an activating group) is 1. The molecule has 0 saturated carbocycles. The first-order chi connectivity index (χ1) is 15.5. The minimum Gasteiger partial charge on any atom is -0.363 e. The number of hydrogen-bond acceptors (Lipinski definition) is 4. The summed E-state index contributed by atoms with van der Waals surface area (Å²) in [5.74, 6) is -1.86. The van der Waals surface area contributed by atoms with E-state index in [-0.39, 0.29) is 21.9 Å². The van der Waals surface area contributed by atoms with Gasteiger partial charge >= 0.3 is 0 Å². The average Bonchev–Trinajstić information content (AvgIpc) is 2.72. The van der Waals surface area contributed by atoms with E-state index >= 15 is 0 Å². The molecular formula is C26H26FN3O2S. The number of halogens is 1. The number of carbonyl (C=O) groups is 2. The van der Waals surface area contributed by atoms with Gasteiger partial charge in [-0.2, -0.15) is 0 Å². The fourth-order valence-electron chi connectivity index (χ4n) is 4.64. The number of nitrogens with one attached hydrogen (secondary N) is 1. The lowest BCUT2D eigenvalue weighted by Gasteiger charge is -2.43. The SMILES string of the molecule is CCN1c2cc(C)c(/C=C3/C(=O)NC(=S)N(c4ccccc4F)C3=O)cc2C(C)=CC1(C)C. The molecule has 0 radical (unpaired) electrons. The molecule has 2 amide bonds. The van der Waals surface area contributed by atoms with Crippen LogP contribution in [-0.2, 0) is 9.59 Å². The van der Waals surface area contributed by atoms with E-state index in [2.05, 4.69) is 50.1 Å². The Morgan fingerprint density at radius 1 is 1.12 bits per heavy atom. The zero-order valence-electron chi connectivity index (χ0n) is 19.3. The number of anilines is 2. The lowest BCUT2D eigenvalue weighted by atomic mass is 9.86. The molecule has 1 N–H and O–H groups in total. The molecule has 0 aromatic heterocycles. The number of nitrogens with zero attached hydrogens (tertiary/aromatic N) is 2. The lowest BCUT2D eigenvalue weighted by molar-refractivity contribution is -0.122. The summed E-state index contributed by atoms with van der Waals surface area (Å²) in [5.41, 5.74) is 4.77. The molecular weight excluding hydrogens is 437 g/mol. The molecule has 2 aromatic carbocycles. The number of thiocarbonyl (C=S) groups is 1. The van der Waals surface area contributed by atoms with E-state index in [1.165, 1.54) is 18.2 Å². The van der Waals surface area contributed by atoms with Gasteiger partial charge in [0, 0.05) is 17.8 Å². The fraction of sp³-hybridized carbons (Fsp3) is 0.269. The summed E-state index contributed by atoms with van der Waals surface area (Å²) in [4.78, 5) is 29.3. The highest BCUT2D eigenvalue weighted by molar-refractivity contribution is 7.80. The van der Waals surface area contributed by atoms with E-state index in [0.717, 1.165) is 39.4 Å². The molecule has 33 heavy (non-hydrogen) atoms. The van der Waals surface area contributed by atoms with Crippen LogP contribution in [0.5, 0.6) is 0 Å². The van der Waals surface area contributed by atoms with Crippen LogP contribution in [0.2, 0.25) is 0 Å². The van der Waals surface area contributed by atoms with Gasteiger partial charge in [-0.05, 0) is 93.9 Å². The van der Waals surface area contributed by atoms with Gasteiger partial charge in [-0.15, -0.1) is 0 Å². The Labute approximate surface area is 198 Å². The number of para-hydroxylation sites is 1. The van der Waals surface area contributed by atoms with E-state index in [4.69, 9.17) is 12.2 Å². The molecule has 5 nitrogen and oxygen atoms in total. The third-order valence-electron chi connectivity index (χ3n) is 6.18. The number of aryl methyl sites for hydroxylation is 1. The van der Waals surface area contributed by atoms with E-state index in [0.29, 0.717) is 0 Å². The summed E-state index contributed by atoms with van der Waals surface area (Å²) in [7, 11) is 0. The molecule has 4 rings (SSSR count). The first-order valence-corrected chi connectivity index (χ1v) is 11.2. The number of hydrogen-bond donors (Lipinski definition) is 1. The second-order valence-corrected chi connectivity index (χ2v) is 9.25. The number of benzene rings is 2. The minimum atomic E-state index is -0.658. The first-order valence-electron chi connectivity index (χ1n) is 10.8. The van der Waals surface area contributed by atoms with Crippen LogP contribution < -0.4 is 15.1 Å². The number of carbonyl (C=O) groups excluding carboxylic acids is 2. The highest BCUT2D eigenvalue weighted by Crippen LogP contribution is 2.40.